The lowest BCUT2D eigenvalue weighted by Gasteiger charge is -2.31. The molecule has 0 radical (unpaired) electrons. The van der Waals surface area contributed by atoms with Crippen LogP contribution in [0.4, 0.5) is 0 Å². The maximum absolute atomic E-state index is 5.81. The fourth-order valence-corrected chi connectivity index (χ4v) is 2.32. The molecule has 0 saturated carbocycles. The van der Waals surface area contributed by atoms with E-state index in [4.69, 9.17) is 14.2 Å². The predicted molar refractivity (Wildman–Crippen MR) is 74.6 cm³/mol. The van der Waals surface area contributed by atoms with Gasteiger partial charge in [-0.2, -0.15) is 0 Å². The molecule has 2 rings (SSSR count). The van der Waals surface area contributed by atoms with E-state index in [9.17, 15) is 0 Å². The third-order valence-corrected chi connectivity index (χ3v) is 3.19. The Labute approximate surface area is 115 Å². The van der Waals surface area contributed by atoms with Crippen LogP contribution in [0.1, 0.15) is 25.5 Å². The van der Waals surface area contributed by atoms with Gasteiger partial charge in [0.1, 0.15) is 11.9 Å². The average molecular weight is 265 g/mol. The topological polar surface area (TPSA) is 39.7 Å². The van der Waals surface area contributed by atoms with Gasteiger partial charge < -0.3 is 19.5 Å². The van der Waals surface area contributed by atoms with Crippen molar-refractivity contribution in [3.05, 3.63) is 29.8 Å². The van der Waals surface area contributed by atoms with Crippen molar-refractivity contribution in [1.29, 1.82) is 0 Å². The Kier molecular flexibility index (Phi) is 5.63. The molecule has 2 atom stereocenters. The predicted octanol–water partition coefficient (Wildman–Crippen LogP) is 2.15. The van der Waals surface area contributed by atoms with E-state index in [2.05, 4.69) is 24.4 Å². The van der Waals surface area contributed by atoms with Crippen LogP contribution >= 0.6 is 0 Å². The molecule has 1 aromatic rings. The van der Waals surface area contributed by atoms with E-state index < -0.39 is 0 Å². The molecule has 1 saturated heterocycles. The third kappa shape index (κ3) is 3.93. The molecule has 1 aliphatic heterocycles. The first-order valence-corrected chi connectivity index (χ1v) is 7.00. The summed E-state index contributed by atoms with van der Waals surface area (Å²) in [4.78, 5) is 0. The molecule has 0 bridgehead atoms. The van der Waals surface area contributed by atoms with Gasteiger partial charge in [-0.15, -0.1) is 0 Å². The monoisotopic (exact) mass is 265 g/mol. The van der Waals surface area contributed by atoms with Gasteiger partial charge >= 0.3 is 0 Å². The summed E-state index contributed by atoms with van der Waals surface area (Å²) in [5.74, 6) is 0.905. The molecule has 1 fully saturated rings. The highest BCUT2D eigenvalue weighted by atomic mass is 16.6. The zero-order valence-electron chi connectivity index (χ0n) is 11.7. The van der Waals surface area contributed by atoms with Crippen LogP contribution in [0, 0.1) is 0 Å². The molecule has 1 N–H and O–H groups in total. The smallest absolute Gasteiger partial charge is 0.119 e. The van der Waals surface area contributed by atoms with Crippen LogP contribution in [0.25, 0.3) is 0 Å². The average Bonchev–Trinajstić information content (AvgIpc) is 2.47. The van der Waals surface area contributed by atoms with Crippen molar-refractivity contribution in [2.24, 2.45) is 0 Å². The van der Waals surface area contributed by atoms with Crippen LogP contribution in [0.15, 0.2) is 24.3 Å². The number of nitrogens with one attached hydrogen (secondary N) is 1. The van der Waals surface area contributed by atoms with Gasteiger partial charge in [-0.05, 0) is 31.2 Å². The lowest BCUT2D eigenvalue weighted by Crippen LogP contribution is -2.40. The minimum atomic E-state index is 0.0756. The second-order valence-corrected chi connectivity index (χ2v) is 4.52. The van der Waals surface area contributed by atoms with Crippen LogP contribution < -0.4 is 10.1 Å². The number of rotatable bonds is 6. The third-order valence-electron chi connectivity index (χ3n) is 3.19. The fourth-order valence-electron chi connectivity index (χ4n) is 2.32. The molecule has 0 aromatic heterocycles. The highest BCUT2D eigenvalue weighted by Crippen LogP contribution is 2.23. The molecule has 1 aliphatic rings. The largest absolute Gasteiger partial charge is 0.494 e. The molecular formula is C15H23NO3. The van der Waals surface area contributed by atoms with Crippen LogP contribution in [-0.2, 0) is 9.47 Å². The lowest BCUT2D eigenvalue weighted by molar-refractivity contribution is -0.102. The number of hydrogen-bond acceptors (Lipinski definition) is 4. The summed E-state index contributed by atoms with van der Waals surface area (Å²) >= 11 is 0. The summed E-state index contributed by atoms with van der Waals surface area (Å²) in [6, 6.07) is 8.37. The zero-order valence-corrected chi connectivity index (χ0v) is 11.7. The summed E-state index contributed by atoms with van der Waals surface area (Å²) < 4.78 is 16.8. The van der Waals surface area contributed by atoms with Crippen molar-refractivity contribution in [2.45, 2.75) is 26.0 Å². The Hall–Kier alpha value is -1.10. The second-order valence-electron chi connectivity index (χ2n) is 4.52. The highest BCUT2D eigenvalue weighted by Gasteiger charge is 2.25. The maximum atomic E-state index is 5.81. The van der Waals surface area contributed by atoms with Crippen molar-refractivity contribution in [3.8, 4) is 5.75 Å². The maximum Gasteiger partial charge on any atom is 0.119 e. The van der Waals surface area contributed by atoms with Gasteiger partial charge in [0, 0.05) is 0 Å². The molecular weight excluding hydrogens is 242 g/mol. The van der Waals surface area contributed by atoms with Crippen LogP contribution in [0.5, 0.6) is 5.75 Å². The standard InChI is InChI=1S/C15H23NO3/c1-3-16-15(14-11-17-9-10-19-14)12-5-7-13(8-6-12)18-4-2/h5-8,14-16H,3-4,9-11H2,1-2H3. The van der Waals surface area contributed by atoms with Gasteiger partial charge in [-0.25, -0.2) is 0 Å². The van der Waals surface area contributed by atoms with Crippen molar-refractivity contribution >= 4 is 0 Å². The van der Waals surface area contributed by atoms with Gasteiger partial charge in [0.2, 0.25) is 0 Å². The second kappa shape index (κ2) is 7.48. The molecule has 0 spiro atoms. The molecule has 1 heterocycles. The zero-order chi connectivity index (χ0) is 13.5. The first-order valence-electron chi connectivity index (χ1n) is 7.00. The Morgan fingerprint density at radius 1 is 1.26 bits per heavy atom. The van der Waals surface area contributed by atoms with Crippen molar-refractivity contribution in [3.63, 3.8) is 0 Å². The number of benzene rings is 1. The van der Waals surface area contributed by atoms with Gasteiger partial charge in [0.05, 0.1) is 32.5 Å². The van der Waals surface area contributed by atoms with Crippen LogP contribution in [0.2, 0.25) is 0 Å². The SMILES string of the molecule is CCNC(c1ccc(OCC)cc1)C1COCCO1. The Balaban J connectivity index is 2.08. The van der Waals surface area contributed by atoms with Crippen molar-refractivity contribution in [2.75, 3.05) is 33.0 Å². The number of hydrogen-bond donors (Lipinski definition) is 1. The summed E-state index contributed by atoms with van der Waals surface area (Å²) in [5.41, 5.74) is 1.21. The molecule has 106 valence electrons. The van der Waals surface area contributed by atoms with Gasteiger partial charge in [-0.1, -0.05) is 19.1 Å². The molecule has 0 amide bonds. The summed E-state index contributed by atoms with van der Waals surface area (Å²) in [6.45, 7) is 7.69. The fraction of sp³-hybridized carbons (Fsp3) is 0.600. The summed E-state index contributed by atoms with van der Waals surface area (Å²) in [6.07, 6.45) is 0.0756. The van der Waals surface area contributed by atoms with Crippen LogP contribution in [0.3, 0.4) is 0 Å². The van der Waals surface area contributed by atoms with E-state index in [-0.39, 0.29) is 12.1 Å². The first-order chi connectivity index (χ1) is 9.35. The van der Waals surface area contributed by atoms with E-state index in [1.54, 1.807) is 0 Å². The van der Waals surface area contributed by atoms with E-state index >= 15 is 0 Å². The summed E-state index contributed by atoms with van der Waals surface area (Å²) in [7, 11) is 0. The van der Waals surface area contributed by atoms with Crippen LogP contribution in [-0.4, -0.2) is 39.1 Å². The molecule has 1 aromatic carbocycles. The Bertz CT molecular complexity index is 360. The number of likely N-dealkylation sites (N-methyl/N-ethyl adjacent to an activating group) is 1. The normalized spacial score (nSPS) is 21.1. The van der Waals surface area contributed by atoms with Gasteiger partial charge in [0.15, 0.2) is 0 Å². The minimum Gasteiger partial charge on any atom is -0.494 e. The lowest BCUT2D eigenvalue weighted by atomic mass is 10.0. The van der Waals surface area contributed by atoms with Crippen molar-refractivity contribution < 1.29 is 14.2 Å². The van der Waals surface area contributed by atoms with Gasteiger partial charge in [0.25, 0.3) is 0 Å². The molecule has 0 aliphatic carbocycles. The Morgan fingerprint density at radius 3 is 2.63 bits per heavy atom. The summed E-state index contributed by atoms with van der Waals surface area (Å²) in [5, 5.41) is 3.47. The quantitative estimate of drug-likeness (QED) is 0.855. The molecule has 2 unspecified atom stereocenters. The minimum absolute atomic E-state index is 0.0756. The first kappa shape index (κ1) is 14.3. The molecule has 4 nitrogen and oxygen atoms in total. The van der Waals surface area contributed by atoms with Gasteiger partial charge in [-0.3, -0.25) is 0 Å². The molecule has 4 heteroatoms. The van der Waals surface area contributed by atoms with E-state index in [1.165, 1.54) is 5.56 Å². The van der Waals surface area contributed by atoms with E-state index in [1.807, 2.05) is 19.1 Å². The van der Waals surface area contributed by atoms with E-state index in [0.717, 1.165) is 12.3 Å². The highest BCUT2D eigenvalue weighted by molar-refractivity contribution is 5.30. The number of ether oxygens (including phenoxy) is 3. The Morgan fingerprint density at radius 2 is 2.05 bits per heavy atom. The molecule has 19 heavy (non-hydrogen) atoms. The van der Waals surface area contributed by atoms with Crippen molar-refractivity contribution in [1.82, 2.24) is 5.32 Å². The van der Waals surface area contributed by atoms with E-state index in [0.29, 0.717) is 26.4 Å².